The monoisotopic (exact) mass is 321 g/mol. The smallest absolute Gasteiger partial charge is 0.394 e. The molecule has 114 valence electrons. The summed E-state index contributed by atoms with van der Waals surface area (Å²) in [5, 5.41) is 19.6. The molecule has 0 amide bonds. The topological polar surface area (TPSA) is 88.0 Å². The number of nitrogens with one attached hydrogen (secondary N) is 1. The van der Waals surface area contributed by atoms with Crippen LogP contribution < -0.4 is 5.32 Å². The molecule has 0 rings (SSSR count). The van der Waals surface area contributed by atoms with Gasteiger partial charge < -0.3 is 24.6 Å². The Labute approximate surface area is 115 Å². The molecule has 0 radical (unpaired) electrons. The van der Waals surface area contributed by atoms with Crippen molar-refractivity contribution in [3.8, 4) is 0 Å². The quantitative estimate of drug-likeness (QED) is 0.433. The Kier molecular flexibility index (Phi) is 8.11. The first-order valence-corrected chi connectivity index (χ1v) is 7.53. The number of aliphatic hydroxyl groups excluding tert-OH is 2. The Bertz CT molecular complexity index is 331. The Hall–Kier alpha value is -0.180. The highest BCUT2D eigenvalue weighted by Crippen LogP contribution is 2.62. The number of thiocarbonyl (C=S) groups is 1. The number of hydrogen-bond acceptors (Lipinski definition) is 6. The van der Waals surface area contributed by atoms with Gasteiger partial charge in [-0.25, -0.2) is 0 Å². The van der Waals surface area contributed by atoms with Crippen LogP contribution in [-0.4, -0.2) is 53.3 Å². The van der Waals surface area contributed by atoms with Gasteiger partial charge in [0.1, 0.15) is 0 Å². The maximum absolute atomic E-state index is 14.0. The highest BCUT2D eigenvalue weighted by atomic mass is 32.1. The summed E-state index contributed by atoms with van der Waals surface area (Å²) in [5.41, 5.74) is -4.04. The van der Waals surface area contributed by atoms with Crippen LogP contribution in [0.15, 0.2) is 0 Å². The van der Waals surface area contributed by atoms with Crippen molar-refractivity contribution in [3.05, 3.63) is 0 Å². The summed E-state index contributed by atoms with van der Waals surface area (Å²) < 4.78 is 49.0. The van der Waals surface area contributed by atoms with Gasteiger partial charge in [-0.05, 0) is 13.8 Å². The zero-order valence-corrected chi connectivity index (χ0v) is 12.3. The molecular weight excluding hydrogens is 303 g/mol. The molecule has 0 aliphatic carbocycles. The zero-order valence-electron chi connectivity index (χ0n) is 10.6. The van der Waals surface area contributed by atoms with Crippen LogP contribution in [0.25, 0.3) is 0 Å². The molecule has 10 heteroatoms. The molecule has 0 saturated carbocycles. The van der Waals surface area contributed by atoms with Gasteiger partial charge in [-0.15, -0.1) is 0 Å². The molecule has 0 saturated heterocycles. The van der Waals surface area contributed by atoms with Gasteiger partial charge in [0.25, 0.3) is 0 Å². The lowest BCUT2D eigenvalue weighted by atomic mass is 10.3. The van der Waals surface area contributed by atoms with E-state index in [-0.39, 0.29) is 13.2 Å². The van der Waals surface area contributed by atoms with Gasteiger partial charge in [0.15, 0.2) is 4.99 Å². The summed E-state index contributed by atoms with van der Waals surface area (Å²) in [6, 6.07) is -1.07. The lowest BCUT2D eigenvalue weighted by Crippen LogP contribution is -2.47. The molecule has 0 spiro atoms. The third-order valence-electron chi connectivity index (χ3n) is 1.99. The van der Waals surface area contributed by atoms with E-state index in [4.69, 9.17) is 10.2 Å². The van der Waals surface area contributed by atoms with Crippen LogP contribution in [0.2, 0.25) is 0 Å². The second kappa shape index (κ2) is 8.18. The third-order valence-corrected chi connectivity index (χ3v) is 4.62. The van der Waals surface area contributed by atoms with Crippen LogP contribution in [0, 0.1) is 0 Å². The molecule has 6 nitrogen and oxygen atoms in total. The van der Waals surface area contributed by atoms with E-state index in [1.807, 2.05) is 5.32 Å². The molecule has 0 aromatic carbocycles. The molecule has 0 bridgehead atoms. The Balaban J connectivity index is 5.08. The van der Waals surface area contributed by atoms with Crippen molar-refractivity contribution in [2.24, 2.45) is 0 Å². The van der Waals surface area contributed by atoms with Crippen molar-refractivity contribution in [3.63, 3.8) is 0 Å². The van der Waals surface area contributed by atoms with E-state index in [0.29, 0.717) is 0 Å². The maximum Gasteiger partial charge on any atom is 0.406 e. The number of aliphatic hydroxyl groups is 2. The van der Waals surface area contributed by atoms with Crippen LogP contribution in [0.3, 0.4) is 0 Å². The summed E-state index contributed by atoms with van der Waals surface area (Å²) in [5.74, 6) is 0. The van der Waals surface area contributed by atoms with Crippen molar-refractivity contribution in [2.75, 3.05) is 26.4 Å². The molecule has 0 fully saturated rings. The van der Waals surface area contributed by atoms with Gasteiger partial charge in [-0.1, -0.05) is 12.2 Å². The standard InChI is InChI=1S/C9H18F2NO5PS/c1-3-16-18(15,17-4-2)9(10,11)8(19)12-7(5-13)6-14/h7,13-14H,3-6H2,1-2H3,(H,12,19). The van der Waals surface area contributed by atoms with Crippen molar-refractivity contribution in [1.82, 2.24) is 5.32 Å². The van der Waals surface area contributed by atoms with Crippen molar-refractivity contribution in [1.29, 1.82) is 0 Å². The van der Waals surface area contributed by atoms with Gasteiger partial charge >= 0.3 is 13.3 Å². The first kappa shape index (κ1) is 18.8. The predicted molar refractivity (Wildman–Crippen MR) is 69.5 cm³/mol. The average molecular weight is 321 g/mol. The van der Waals surface area contributed by atoms with Crippen molar-refractivity contribution < 1.29 is 32.6 Å². The fraction of sp³-hybridized carbons (Fsp3) is 0.889. The van der Waals surface area contributed by atoms with E-state index in [9.17, 15) is 13.3 Å². The summed E-state index contributed by atoms with van der Waals surface area (Å²) in [6.45, 7) is 1.09. The predicted octanol–water partition coefficient (Wildman–Crippen LogP) is 1.12. The molecule has 0 aromatic rings. The largest absolute Gasteiger partial charge is 0.406 e. The Morgan fingerprint density at radius 3 is 2.05 bits per heavy atom. The second-order valence-electron chi connectivity index (χ2n) is 3.41. The minimum atomic E-state index is -4.76. The fourth-order valence-corrected chi connectivity index (χ4v) is 2.98. The summed E-state index contributed by atoms with van der Waals surface area (Å²) >= 11 is 4.46. The fourth-order valence-electron chi connectivity index (χ4n) is 1.08. The van der Waals surface area contributed by atoms with Crippen LogP contribution in [0.1, 0.15) is 13.8 Å². The van der Waals surface area contributed by atoms with E-state index in [2.05, 4.69) is 21.3 Å². The molecular formula is C9H18F2NO5PS. The first-order valence-electron chi connectivity index (χ1n) is 5.58. The summed E-state index contributed by atoms with van der Waals surface area (Å²) in [4.78, 5) is -1.11. The number of halogens is 2. The lowest BCUT2D eigenvalue weighted by Gasteiger charge is -2.28. The van der Waals surface area contributed by atoms with Crippen LogP contribution >= 0.6 is 19.8 Å². The molecule has 0 heterocycles. The lowest BCUT2D eigenvalue weighted by molar-refractivity contribution is 0.0911. The molecule has 0 aliphatic heterocycles. The minimum absolute atomic E-state index is 0.237. The highest BCUT2D eigenvalue weighted by molar-refractivity contribution is 7.81. The summed E-state index contributed by atoms with van der Waals surface area (Å²) in [6.07, 6.45) is 0. The summed E-state index contributed by atoms with van der Waals surface area (Å²) in [7, 11) is -4.76. The normalized spacial score (nSPS) is 12.8. The minimum Gasteiger partial charge on any atom is -0.394 e. The van der Waals surface area contributed by atoms with E-state index in [0.717, 1.165) is 0 Å². The molecule has 0 atom stereocenters. The third kappa shape index (κ3) is 4.70. The van der Waals surface area contributed by atoms with Crippen molar-refractivity contribution in [2.45, 2.75) is 25.6 Å². The van der Waals surface area contributed by atoms with Crippen LogP contribution in [-0.2, 0) is 13.6 Å². The van der Waals surface area contributed by atoms with Gasteiger partial charge in [-0.3, -0.25) is 4.57 Å². The average Bonchev–Trinajstić information content (AvgIpc) is 2.35. The second-order valence-corrected chi connectivity index (χ2v) is 5.89. The van der Waals surface area contributed by atoms with Gasteiger partial charge in [0.2, 0.25) is 0 Å². The van der Waals surface area contributed by atoms with Crippen LogP contribution in [0.4, 0.5) is 8.78 Å². The number of rotatable bonds is 9. The highest BCUT2D eigenvalue weighted by Gasteiger charge is 2.57. The zero-order chi connectivity index (χ0) is 15.1. The van der Waals surface area contributed by atoms with Gasteiger partial charge in [0, 0.05) is 0 Å². The van der Waals surface area contributed by atoms with E-state index in [1.54, 1.807) is 0 Å². The van der Waals surface area contributed by atoms with E-state index >= 15 is 0 Å². The van der Waals surface area contributed by atoms with Gasteiger partial charge in [0.05, 0.1) is 32.5 Å². The number of hydrogen-bond donors (Lipinski definition) is 3. The van der Waals surface area contributed by atoms with E-state index in [1.165, 1.54) is 13.8 Å². The van der Waals surface area contributed by atoms with Crippen LogP contribution in [0.5, 0.6) is 0 Å². The van der Waals surface area contributed by atoms with Gasteiger partial charge in [-0.2, -0.15) is 8.78 Å². The first-order chi connectivity index (χ1) is 8.78. The SMILES string of the molecule is CCOP(=O)(OCC)C(F)(F)C(=S)NC(CO)CO. The number of alkyl halides is 2. The molecule has 0 unspecified atom stereocenters. The molecule has 0 aliphatic rings. The molecule has 19 heavy (non-hydrogen) atoms. The van der Waals surface area contributed by atoms with Crippen molar-refractivity contribution >= 4 is 24.8 Å². The van der Waals surface area contributed by atoms with E-state index < -0.39 is 37.5 Å². The maximum atomic E-state index is 14.0. The Morgan fingerprint density at radius 1 is 1.32 bits per heavy atom. The molecule has 0 aromatic heterocycles. The Morgan fingerprint density at radius 2 is 1.74 bits per heavy atom. The molecule has 3 N–H and O–H groups in total.